The van der Waals surface area contributed by atoms with Crippen molar-refractivity contribution in [3.8, 4) is 0 Å². The van der Waals surface area contributed by atoms with Gasteiger partial charge in [-0.2, -0.15) is 11.8 Å². The number of carbonyl (C=O) groups excluding carboxylic acids is 1. The zero-order chi connectivity index (χ0) is 9.94. The van der Waals surface area contributed by atoms with Crippen LogP contribution in [0.1, 0.15) is 6.92 Å². The minimum Gasteiger partial charge on any atom is -0.354 e. The van der Waals surface area contributed by atoms with Crippen molar-refractivity contribution in [3.05, 3.63) is 0 Å². The van der Waals surface area contributed by atoms with Crippen molar-refractivity contribution in [1.82, 2.24) is 10.6 Å². The molecule has 0 aromatic heterocycles. The largest absolute Gasteiger partial charge is 0.354 e. The van der Waals surface area contributed by atoms with Gasteiger partial charge in [0.1, 0.15) is 0 Å². The SMILES string of the molecule is CCSCC(=O)NCCNCCN. The van der Waals surface area contributed by atoms with Gasteiger partial charge in [-0.25, -0.2) is 0 Å². The van der Waals surface area contributed by atoms with Crippen LogP contribution in [0.25, 0.3) is 0 Å². The van der Waals surface area contributed by atoms with E-state index in [0.29, 0.717) is 18.8 Å². The Labute approximate surface area is 84.0 Å². The van der Waals surface area contributed by atoms with Gasteiger partial charge in [-0.05, 0) is 5.75 Å². The van der Waals surface area contributed by atoms with Crippen LogP contribution in [0.15, 0.2) is 0 Å². The molecule has 0 rings (SSSR count). The Hall–Kier alpha value is -0.260. The van der Waals surface area contributed by atoms with Crippen molar-refractivity contribution in [1.29, 1.82) is 0 Å². The Kier molecular flexibility index (Phi) is 9.63. The first-order valence-electron chi connectivity index (χ1n) is 4.56. The summed E-state index contributed by atoms with van der Waals surface area (Å²) in [4.78, 5) is 11.1. The maximum Gasteiger partial charge on any atom is 0.230 e. The molecule has 5 heteroatoms. The molecule has 1 amide bonds. The third-order valence-corrected chi connectivity index (χ3v) is 2.26. The van der Waals surface area contributed by atoms with Crippen LogP contribution >= 0.6 is 11.8 Å². The third-order valence-electron chi connectivity index (χ3n) is 1.38. The highest BCUT2D eigenvalue weighted by atomic mass is 32.2. The van der Waals surface area contributed by atoms with Gasteiger partial charge in [-0.15, -0.1) is 0 Å². The molecule has 0 bridgehead atoms. The van der Waals surface area contributed by atoms with Crippen molar-refractivity contribution < 1.29 is 4.79 Å². The van der Waals surface area contributed by atoms with E-state index in [1.807, 2.05) is 6.92 Å². The van der Waals surface area contributed by atoms with Crippen LogP contribution in [0, 0.1) is 0 Å². The van der Waals surface area contributed by atoms with Crippen molar-refractivity contribution in [2.45, 2.75) is 6.92 Å². The zero-order valence-electron chi connectivity index (χ0n) is 8.14. The van der Waals surface area contributed by atoms with E-state index in [4.69, 9.17) is 5.73 Å². The number of rotatable bonds is 8. The van der Waals surface area contributed by atoms with Gasteiger partial charge in [-0.3, -0.25) is 4.79 Å². The van der Waals surface area contributed by atoms with Gasteiger partial charge in [0.2, 0.25) is 5.91 Å². The molecular formula is C8H19N3OS. The molecule has 0 aromatic rings. The van der Waals surface area contributed by atoms with Crippen molar-refractivity contribution in [3.63, 3.8) is 0 Å². The van der Waals surface area contributed by atoms with E-state index < -0.39 is 0 Å². The molecule has 13 heavy (non-hydrogen) atoms. The molecule has 0 atom stereocenters. The molecule has 0 aliphatic rings. The third kappa shape index (κ3) is 9.66. The molecule has 0 unspecified atom stereocenters. The molecule has 0 saturated carbocycles. The number of nitrogens with one attached hydrogen (secondary N) is 2. The predicted molar refractivity (Wildman–Crippen MR) is 57.9 cm³/mol. The summed E-state index contributed by atoms with van der Waals surface area (Å²) in [5, 5.41) is 5.91. The summed E-state index contributed by atoms with van der Waals surface area (Å²) in [7, 11) is 0. The minimum atomic E-state index is 0.112. The Morgan fingerprint density at radius 2 is 2.15 bits per heavy atom. The highest BCUT2D eigenvalue weighted by Gasteiger charge is 1.97. The summed E-state index contributed by atoms with van der Waals surface area (Å²) >= 11 is 1.63. The van der Waals surface area contributed by atoms with Crippen LogP contribution in [0.4, 0.5) is 0 Å². The Morgan fingerprint density at radius 3 is 2.77 bits per heavy atom. The van der Waals surface area contributed by atoms with Crippen LogP contribution in [0.2, 0.25) is 0 Å². The molecule has 0 aliphatic carbocycles. The van der Waals surface area contributed by atoms with E-state index in [1.165, 1.54) is 0 Å². The lowest BCUT2D eigenvalue weighted by Crippen LogP contribution is -2.34. The van der Waals surface area contributed by atoms with Gasteiger partial charge in [0.15, 0.2) is 0 Å². The summed E-state index contributed by atoms with van der Waals surface area (Å²) in [5.74, 6) is 1.66. The lowest BCUT2D eigenvalue weighted by Gasteiger charge is -2.05. The second kappa shape index (κ2) is 9.83. The number of hydrogen-bond acceptors (Lipinski definition) is 4. The molecule has 0 fully saturated rings. The number of nitrogens with two attached hydrogens (primary N) is 1. The van der Waals surface area contributed by atoms with Gasteiger partial charge in [0.05, 0.1) is 5.75 Å². The van der Waals surface area contributed by atoms with Crippen LogP contribution in [-0.4, -0.2) is 43.6 Å². The highest BCUT2D eigenvalue weighted by Crippen LogP contribution is 1.95. The van der Waals surface area contributed by atoms with Crippen molar-refractivity contribution in [2.24, 2.45) is 5.73 Å². The second-order valence-electron chi connectivity index (χ2n) is 2.53. The average Bonchev–Trinajstić information content (AvgIpc) is 2.14. The molecular weight excluding hydrogens is 186 g/mol. The van der Waals surface area contributed by atoms with E-state index in [0.717, 1.165) is 18.8 Å². The first-order valence-corrected chi connectivity index (χ1v) is 5.72. The van der Waals surface area contributed by atoms with Crippen LogP contribution in [-0.2, 0) is 4.79 Å². The first-order chi connectivity index (χ1) is 6.31. The fraction of sp³-hybridized carbons (Fsp3) is 0.875. The lowest BCUT2D eigenvalue weighted by atomic mass is 10.5. The predicted octanol–water partition coefficient (Wildman–Crippen LogP) is -0.596. The summed E-state index contributed by atoms with van der Waals surface area (Å²) in [6, 6.07) is 0. The number of thioether (sulfide) groups is 1. The summed E-state index contributed by atoms with van der Waals surface area (Å²) in [6.45, 7) is 4.96. The molecule has 0 aliphatic heterocycles. The molecule has 0 saturated heterocycles. The first kappa shape index (κ1) is 12.7. The van der Waals surface area contributed by atoms with E-state index in [9.17, 15) is 4.79 Å². The average molecular weight is 205 g/mol. The molecule has 78 valence electrons. The van der Waals surface area contributed by atoms with E-state index in [1.54, 1.807) is 11.8 Å². The Balaban J connectivity index is 3.08. The molecule has 4 nitrogen and oxygen atoms in total. The molecule has 0 spiro atoms. The highest BCUT2D eigenvalue weighted by molar-refractivity contribution is 7.99. The van der Waals surface area contributed by atoms with Gasteiger partial charge < -0.3 is 16.4 Å². The number of amides is 1. The van der Waals surface area contributed by atoms with Crippen molar-refractivity contribution >= 4 is 17.7 Å². The van der Waals surface area contributed by atoms with E-state index >= 15 is 0 Å². The number of hydrogen-bond donors (Lipinski definition) is 3. The standard InChI is InChI=1S/C8H19N3OS/c1-2-13-7-8(12)11-6-5-10-4-3-9/h10H,2-7,9H2,1H3,(H,11,12). The van der Waals surface area contributed by atoms with Gasteiger partial charge >= 0.3 is 0 Å². The maximum atomic E-state index is 11.1. The molecule has 0 radical (unpaired) electrons. The maximum absolute atomic E-state index is 11.1. The van der Waals surface area contributed by atoms with Crippen LogP contribution < -0.4 is 16.4 Å². The Morgan fingerprint density at radius 1 is 1.38 bits per heavy atom. The fourth-order valence-corrected chi connectivity index (χ4v) is 1.25. The quantitative estimate of drug-likeness (QED) is 0.463. The molecule has 0 aromatic carbocycles. The normalized spacial score (nSPS) is 10.0. The second-order valence-corrected chi connectivity index (χ2v) is 3.80. The summed E-state index contributed by atoms with van der Waals surface area (Å²) in [6.07, 6.45) is 0. The summed E-state index contributed by atoms with van der Waals surface area (Å²) < 4.78 is 0. The zero-order valence-corrected chi connectivity index (χ0v) is 8.95. The van der Waals surface area contributed by atoms with Gasteiger partial charge in [-0.1, -0.05) is 6.92 Å². The van der Waals surface area contributed by atoms with Crippen molar-refractivity contribution in [2.75, 3.05) is 37.7 Å². The smallest absolute Gasteiger partial charge is 0.230 e. The monoisotopic (exact) mass is 205 g/mol. The van der Waals surface area contributed by atoms with Crippen LogP contribution in [0.3, 0.4) is 0 Å². The lowest BCUT2D eigenvalue weighted by molar-refractivity contribution is -0.118. The fourth-order valence-electron chi connectivity index (χ4n) is 0.763. The van der Waals surface area contributed by atoms with Crippen LogP contribution in [0.5, 0.6) is 0 Å². The Bertz CT molecular complexity index is 133. The van der Waals surface area contributed by atoms with Gasteiger partial charge in [0.25, 0.3) is 0 Å². The topological polar surface area (TPSA) is 67.2 Å². The van der Waals surface area contributed by atoms with E-state index in [2.05, 4.69) is 10.6 Å². The molecule has 0 heterocycles. The minimum absolute atomic E-state index is 0.112. The van der Waals surface area contributed by atoms with Gasteiger partial charge in [0, 0.05) is 26.2 Å². The molecule has 4 N–H and O–H groups in total. The van der Waals surface area contributed by atoms with E-state index in [-0.39, 0.29) is 5.91 Å². The number of carbonyl (C=O) groups is 1. The summed E-state index contributed by atoms with van der Waals surface area (Å²) in [5.41, 5.74) is 5.28.